The number of benzene rings is 2. The highest BCUT2D eigenvalue weighted by Crippen LogP contribution is 2.15. The molecule has 1 saturated heterocycles. The molecule has 0 saturated carbocycles. The number of carbonyl (C=O) groups is 3. The number of nitrogens with zero attached hydrogens (tertiary/aromatic N) is 2. The Balaban J connectivity index is 1.23. The van der Waals surface area contributed by atoms with Gasteiger partial charge in [-0.15, -0.1) is 0 Å². The van der Waals surface area contributed by atoms with Gasteiger partial charge in [0.1, 0.15) is 17.6 Å². The molecule has 32 heavy (non-hydrogen) atoms. The predicted octanol–water partition coefficient (Wildman–Crippen LogP) is 2.13. The molecular formula is C23H25N5O4. The number of nitrogens with one attached hydrogen (secondary N) is 3. The normalized spacial score (nSPS) is 15.8. The molecule has 3 N–H and O–H groups in total. The summed E-state index contributed by atoms with van der Waals surface area (Å²) in [5, 5.41) is 5.47. The summed E-state index contributed by atoms with van der Waals surface area (Å²) in [5.74, 6) is 0.912. The first-order chi connectivity index (χ1) is 15.5. The maximum atomic E-state index is 12.6. The van der Waals surface area contributed by atoms with Gasteiger partial charge in [0, 0.05) is 13.0 Å². The average molecular weight is 435 g/mol. The number of aromatic nitrogens is 2. The number of carbonyl (C=O) groups excluding carboxylic acids is 3. The standard InChI is InChI=1S/C23H25N5O4/c1-32-16-8-6-15(7-9-16)12-13-28-22(30)19(27-23(28)31)10-11-21(29)24-14-20-25-17-4-2-3-5-18(17)26-20/h2-9,19H,10-14H2,1H3,(H,24,29)(H,25,26)(H,27,31)/t19-/m0/s1. The number of urea groups is 1. The first kappa shape index (κ1) is 21.4. The number of imide groups is 1. The molecule has 1 aromatic heterocycles. The Bertz CT molecular complexity index is 1090. The number of hydrogen-bond acceptors (Lipinski definition) is 5. The SMILES string of the molecule is COc1ccc(CCN2C(=O)N[C@@H](CCC(=O)NCc3nc4ccccc4[nH]3)C2=O)cc1. The van der Waals surface area contributed by atoms with E-state index < -0.39 is 12.1 Å². The lowest BCUT2D eigenvalue weighted by Crippen LogP contribution is -2.34. The lowest BCUT2D eigenvalue weighted by atomic mass is 10.1. The smallest absolute Gasteiger partial charge is 0.324 e. The van der Waals surface area contributed by atoms with Crippen molar-refractivity contribution >= 4 is 28.9 Å². The topological polar surface area (TPSA) is 116 Å². The molecule has 3 aromatic rings. The van der Waals surface area contributed by atoms with Crippen molar-refractivity contribution in [2.45, 2.75) is 31.8 Å². The summed E-state index contributed by atoms with van der Waals surface area (Å²) >= 11 is 0. The minimum Gasteiger partial charge on any atom is -0.497 e. The zero-order chi connectivity index (χ0) is 22.5. The number of methoxy groups -OCH3 is 1. The number of fused-ring (bicyclic) bond motifs is 1. The summed E-state index contributed by atoms with van der Waals surface area (Å²) < 4.78 is 5.13. The minimum absolute atomic E-state index is 0.128. The van der Waals surface area contributed by atoms with Gasteiger partial charge in [-0.1, -0.05) is 24.3 Å². The zero-order valence-electron chi connectivity index (χ0n) is 17.8. The average Bonchev–Trinajstić information content (AvgIpc) is 3.35. The van der Waals surface area contributed by atoms with Gasteiger partial charge in [-0.2, -0.15) is 0 Å². The van der Waals surface area contributed by atoms with Gasteiger partial charge >= 0.3 is 6.03 Å². The van der Waals surface area contributed by atoms with Gasteiger partial charge < -0.3 is 20.4 Å². The maximum absolute atomic E-state index is 12.6. The van der Waals surface area contributed by atoms with Crippen molar-refractivity contribution in [1.82, 2.24) is 25.5 Å². The number of aromatic amines is 1. The van der Waals surface area contributed by atoms with E-state index >= 15 is 0 Å². The highest BCUT2D eigenvalue weighted by molar-refractivity contribution is 6.04. The quantitative estimate of drug-likeness (QED) is 0.445. The van der Waals surface area contributed by atoms with E-state index in [1.54, 1.807) is 7.11 Å². The van der Waals surface area contributed by atoms with Crippen LogP contribution in [0.25, 0.3) is 11.0 Å². The molecule has 1 aliphatic heterocycles. The monoisotopic (exact) mass is 435 g/mol. The number of ether oxygens (including phenoxy) is 1. The lowest BCUT2D eigenvalue weighted by molar-refractivity contribution is -0.127. The van der Waals surface area contributed by atoms with E-state index in [0.717, 1.165) is 22.3 Å². The Kier molecular flexibility index (Phi) is 6.34. The fraction of sp³-hybridized carbons (Fsp3) is 0.304. The van der Waals surface area contributed by atoms with Gasteiger partial charge in [-0.25, -0.2) is 9.78 Å². The largest absolute Gasteiger partial charge is 0.497 e. The van der Waals surface area contributed by atoms with Crippen molar-refractivity contribution in [2.24, 2.45) is 0 Å². The van der Waals surface area contributed by atoms with Crippen LogP contribution in [0.15, 0.2) is 48.5 Å². The third-order valence-corrected chi connectivity index (χ3v) is 5.44. The zero-order valence-corrected chi connectivity index (χ0v) is 17.8. The summed E-state index contributed by atoms with van der Waals surface area (Å²) in [6.45, 7) is 0.554. The van der Waals surface area contributed by atoms with Crippen LogP contribution in [0.2, 0.25) is 0 Å². The third kappa shape index (κ3) is 4.88. The van der Waals surface area contributed by atoms with Gasteiger partial charge in [0.25, 0.3) is 5.91 Å². The first-order valence-electron chi connectivity index (χ1n) is 10.5. The fourth-order valence-electron chi connectivity index (χ4n) is 3.65. The molecule has 4 amide bonds. The van der Waals surface area contributed by atoms with Gasteiger partial charge in [-0.05, 0) is 42.7 Å². The fourth-order valence-corrected chi connectivity index (χ4v) is 3.65. The molecule has 2 aromatic carbocycles. The first-order valence-corrected chi connectivity index (χ1v) is 10.5. The van der Waals surface area contributed by atoms with E-state index in [0.29, 0.717) is 12.2 Å². The van der Waals surface area contributed by atoms with E-state index in [1.807, 2.05) is 48.5 Å². The molecule has 9 heteroatoms. The highest BCUT2D eigenvalue weighted by atomic mass is 16.5. The van der Waals surface area contributed by atoms with Crippen LogP contribution in [0.5, 0.6) is 5.75 Å². The molecule has 0 spiro atoms. The van der Waals surface area contributed by atoms with Gasteiger partial charge in [-0.3, -0.25) is 14.5 Å². The molecular weight excluding hydrogens is 410 g/mol. The number of H-pyrrole nitrogens is 1. The molecule has 0 unspecified atom stereocenters. The number of imidazole rings is 1. The van der Waals surface area contributed by atoms with Crippen LogP contribution in [0, 0.1) is 0 Å². The predicted molar refractivity (Wildman–Crippen MR) is 118 cm³/mol. The lowest BCUT2D eigenvalue weighted by Gasteiger charge is -2.13. The maximum Gasteiger partial charge on any atom is 0.324 e. The van der Waals surface area contributed by atoms with Crippen LogP contribution >= 0.6 is 0 Å². The van der Waals surface area contributed by atoms with Crippen molar-refractivity contribution < 1.29 is 19.1 Å². The Morgan fingerprint density at radius 2 is 1.94 bits per heavy atom. The van der Waals surface area contributed by atoms with E-state index in [-0.39, 0.29) is 37.7 Å². The van der Waals surface area contributed by atoms with E-state index in [9.17, 15) is 14.4 Å². The van der Waals surface area contributed by atoms with Crippen LogP contribution in [0.4, 0.5) is 4.79 Å². The van der Waals surface area contributed by atoms with Crippen LogP contribution in [-0.4, -0.2) is 52.4 Å². The number of rotatable bonds is 9. The highest BCUT2D eigenvalue weighted by Gasteiger charge is 2.37. The van der Waals surface area contributed by atoms with Gasteiger partial charge in [0.05, 0.1) is 24.7 Å². The number of para-hydroxylation sites is 2. The van der Waals surface area contributed by atoms with Gasteiger partial charge in [0.2, 0.25) is 5.91 Å². The summed E-state index contributed by atoms with van der Waals surface area (Å²) in [6, 6.07) is 14.0. The van der Waals surface area contributed by atoms with Crippen LogP contribution in [0.3, 0.4) is 0 Å². The van der Waals surface area contributed by atoms with Crippen molar-refractivity contribution in [1.29, 1.82) is 0 Å². The Hall–Kier alpha value is -3.88. The van der Waals surface area contributed by atoms with Crippen LogP contribution < -0.4 is 15.4 Å². The second-order valence-electron chi connectivity index (χ2n) is 7.61. The van der Waals surface area contributed by atoms with E-state index in [1.165, 1.54) is 4.90 Å². The summed E-state index contributed by atoms with van der Waals surface area (Å²) in [5.41, 5.74) is 2.75. The molecule has 9 nitrogen and oxygen atoms in total. The second kappa shape index (κ2) is 9.51. The van der Waals surface area contributed by atoms with Crippen molar-refractivity contribution in [3.05, 3.63) is 59.9 Å². The molecule has 0 aliphatic carbocycles. The van der Waals surface area contributed by atoms with E-state index in [2.05, 4.69) is 20.6 Å². The Labute approximate surface area is 185 Å². The minimum atomic E-state index is -0.685. The van der Waals surface area contributed by atoms with E-state index in [4.69, 9.17) is 4.74 Å². The second-order valence-corrected chi connectivity index (χ2v) is 7.61. The summed E-state index contributed by atoms with van der Waals surface area (Å²) in [4.78, 5) is 45.8. The molecule has 1 aliphatic rings. The molecule has 2 heterocycles. The molecule has 0 bridgehead atoms. The summed E-state index contributed by atoms with van der Waals surface area (Å²) in [7, 11) is 1.60. The summed E-state index contributed by atoms with van der Waals surface area (Å²) in [6.07, 6.45) is 0.923. The third-order valence-electron chi connectivity index (χ3n) is 5.44. The van der Waals surface area contributed by atoms with Crippen molar-refractivity contribution in [2.75, 3.05) is 13.7 Å². The molecule has 1 atom stereocenters. The Morgan fingerprint density at radius 1 is 1.16 bits per heavy atom. The Morgan fingerprint density at radius 3 is 2.69 bits per heavy atom. The molecule has 166 valence electrons. The van der Waals surface area contributed by atoms with Crippen LogP contribution in [0.1, 0.15) is 24.2 Å². The molecule has 4 rings (SSSR count). The molecule has 0 radical (unpaired) electrons. The number of hydrogen-bond donors (Lipinski definition) is 3. The molecule has 1 fully saturated rings. The van der Waals surface area contributed by atoms with Crippen molar-refractivity contribution in [3.8, 4) is 5.75 Å². The van der Waals surface area contributed by atoms with Gasteiger partial charge in [0.15, 0.2) is 0 Å². The van der Waals surface area contributed by atoms with Crippen LogP contribution in [-0.2, 0) is 22.6 Å². The van der Waals surface area contributed by atoms with Crippen molar-refractivity contribution in [3.63, 3.8) is 0 Å². The number of amides is 4.